The second kappa shape index (κ2) is 4.79. The summed E-state index contributed by atoms with van der Waals surface area (Å²) in [5.74, 6) is 1.83. The Kier molecular flexibility index (Phi) is 3.58. The lowest BCUT2D eigenvalue weighted by molar-refractivity contribution is 0.407. The summed E-state index contributed by atoms with van der Waals surface area (Å²) in [6.07, 6.45) is 3.62. The molecule has 1 nitrogen and oxygen atoms in total. The number of methoxy groups -OCH3 is 1. The van der Waals surface area contributed by atoms with E-state index < -0.39 is 0 Å². The van der Waals surface area contributed by atoms with Gasteiger partial charge in [-0.25, -0.2) is 0 Å². The molecule has 0 N–H and O–H groups in total. The quantitative estimate of drug-likeness (QED) is 0.548. The molecule has 88 valence electrons. The molecule has 16 heavy (non-hydrogen) atoms. The fourth-order valence-corrected chi connectivity index (χ4v) is 3.90. The van der Waals surface area contributed by atoms with E-state index in [0.29, 0.717) is 4.83 Å². The molecule has 2 heteroatoms. The van der Waals surface area contributed by atoms with E-state index >= 15 is 0 Å². The maximum atomic E-state index is 5.49. The Morgan fingerprint density at radius 2 is 2.12 bits per heavy atom. The Morgan fingerprint density at radius 3 is 2.81 bits per heavy atom. The largest absolute Gasteiger partial charge is 0.496 e. The Labute approximate surface area is 106 Å². The summed E-state index contributed by atoms with van der Waals surface area (Å²) >= 11 is 3.84. The lowest BCUT2D eigenvalue weighted by atomic mass is 9.97. The molecule has 0 saturated carbocycles. The van der Waals surface area contributed by atoms with Crippen molar-refractivity contribution in [1.82, 2.24) is 0 Å². The van der Waals surface area contributed by atoms with E-state index in [2.05, 4.69) is 41.9 Å². The first kappa shape index (κ1) is 12.0. The minimum atomic E-state index is 0.482. The van der Waals surface area contributed by atoms with Gasteiger partial charge < -0.3 is 4.74 Å². The van der Waals surface area contributed by atoms with Crippen LogP contribution in [0.2, 0.25) is 0 Å². The van der Waals surface area contributed by atoms with Crippen molar-refractivity contribution < 1.29 is 4.74 Å². The first-order chi connectivity index (χ1) is 7.63. The average Bonchev–Trinajstić information content (AvgIpc) is 2.39. The third kappa shape index (κ3) is 2.13. The van der Waals surface area contributed by atoms with E-state index in [1.54, 1.807) is 7.11 Å². The smallest absolute Gasteiger partial charge is 0.122 e. The van der Waals surface area contributed by atoms with E-state index in [4.69, 9.17) is 4.74 Å². The number of halogens is 1. The van der Waals surface area contributed by atoms with E-state index in [1.165, 1.54) is 29.5 Å². The van der Waals surface area contributed by atoms with Gasteiger partial charge in [-0.1, -0.05) is 28.9 Å². The number of fused-ring (bicyclic) bond motifs is 1. The highest BCUT2D eigenvalue weighted by Gasteiger charge is 2.24. The third-order valence-electron chi connectivity index (χ3n) is 3.56. The molecule has 0 radical (unpaired) electrons. The summed E-state index contributed by atoms with van der Waals surface area (Å²) in [5, 5.41) is 0. The van der Waals surface area contributed by atoms with Crippen molar-refractivity contribution in [1.29, 1.82) is 0 Å². The van der Waals surface area contributed by atoms with Crippen molar-refractivity contribution in [2.24, 2.45) is 5.92 Å². The maximum absolute atomic E-state index is 5.49. The normalized spacial score (nSPS) is 24.8. The van der Waals surface area contributed by atoms with Crippen LogP contribution in [-0.4, -0.2) is 7.11 Å². The third-order valence-corrected chi connectivity index (χ3v) is 4.39. The SMILES string of the molecule is COc1ccc(C)c2c1CCC(C)CC2Br. The van der Waals surface area contributed by atoms with Crippen LogP contribution in [-0.2, 0) is 6.42 Å². The Balaban J connectivity index is 2.52. The van der Waals surface area contributed by atoms with Crippen LogP contribution < -0.4 is 4.74 Å². The summed E-state index contributed by atoms with van der Waals surface area (Å²) in [6.45, 7) is 4.53. The zero-order chi connectivity index (χ0) is 11.7. The summed E-state index contributed by atoms with van der Waals surface area (Å²) in [7, 11) is 1.77. The van der Waals surface area contributed by atoms with Crippen molar-refractivity contribution in [2.75, 3.05) is 7.11 Å². The van der Waals surface area contributed by atoms with Crippen LogP contribution >= 0.6 is 15.9 Å². The van der Waals surface area contributed by atoms with Gasteiger partial charge in [-0.2, -0.15) is 0 Å². The molecule has 1 aromatic carbocycles. The minimum Gasteiger partial charge on any atom is -0.496 e. The van der Waals surface area contributed by atoms with Gasteiger partial charge in [0.2, 0.25) is 0 Å². The zero-order valence-electron chi connectivity index (χ0n) is 10.2. The number of hydrogen-bond donors (Lipinski definition) is 0. The summed E-state index contributed by atoms with van der Waals surface area (Å²) in [5.41, 5.74) is 4.25. The molecule has 0 heterocycles. The highest BCUT2D eigenvalue weighted by atomic mass is 79.9. The first-order valence-corrected chi connectivity index (χ1v) is 6.85. The standard InChI is InChI=1S/C14H19BrO/c1-9-4-6-11-13(16-3)7-5-10(2)14(11)12(15)8-9/h5,7,9,12H,4,6,8H2,1-3H3. The lowest BCUT2D eigenvalue weighted by Gasteiger charge is -2.17. The molecule has 2 unspecified atom stereocenters. The minimum absolute atomic E-state index is 0.482. The van der Waals surface area contributed by atoms with Crippen LogP contribution in [0, 0.1) is 12.8 Å². The van der Waals surface area contributed by atoms with Gasteiger partial charge in [0, 0.05) is 4.83 Å². The number of ether oxygens (including phenoxy) is 1. The van der Waals surface area contributed by atoms with Gasteiger partial charge in [0.1, 0.15) is 5.75 Å². The number of alkyl halides is 1. The van der Waals surface area contributed by atoms with Crippen molar-refractivity contribution in [3.05, 3.63) is 28.8 Å². The molecule has 0 amide bonds. The van der Waals surface area contributed by atoms with E-state index in [-0.39, 0.29) is 0 Å². The van der Waals surface area contributed by atoms with Crippen molar-refractivity contribution in [2.45, 2.75) is 37.9 Å². The zero-order valence-corrected chi connectivity index (χ0v) is 11.8. The molecular formula is C14H19BrO. The van der Waals surface area contributed by atoms with Gasteiger partial charge in [0.15, 0.2) is 0 Å². The molecule has 1 aliphatic rings. The average molecular weight is 283 g/mol. The van der Waals surface area contributed by atoms with Crippen molar-refractivity contribution in [3.63, 3.8) is 0 Å². The summed E-state index contributed by atoms with van der Waals surface area (Å²) in [4.78, 5) is 0.482. The van der Waals surface area contributed by atoms with Crippen molar-refractivity contribution in [3.8, 4) is 5.75 Å². The second-order valence-corrected chi connectivity index (χ2v) is 5.93. The van der Waals surface area contributed by atoms with Gasteiger partial charge in [-0.15, -0.1) is 0 Å². The van der Waals surface area contributed by atoms with Gasteiger partial charge in [-0.3, -0.25) is 0 Å². The molecule has 0 aliphatic heterocycles. The monoisotopic (exact) mass is 282 g/mol. The molecule has 0 spiro atoms. The van der Waals surface area contributed by atoms with Crippen LogP contribution in [0.15, 0.2) is 12.1 Å². The van der Waals surface area contributed by atoms with Gasteiger partial charge in [0.25, 0.3) is 0 Å². The van der Waals surface area contributed by atoms with Gasteiger partial charge >= 0.3 is 0 Å². The summed E-state index contributed by atoms with van der Waals surface area (Å²) < 4.78 is 5.49. The molecule has 0 saturated heterocycles. The molecule has 0 fully saturated rings. The predicted octanol–water partition coefficient (Wildman–Crippen LogP) is 4.41. The van der Waals surface area contributed by atoms with E-state index in [0.717, 1.165) is 18.1 Å². The number of hydrogen-bond acceptors (Lipinski definition) is 1. The Hall–Kier alpha value is -0.500. The fraction of sp³-hybridized carbons (Fsp3) is 0.571. The van der Waals surface area contributed by atoms with Crippen LogP contribution in [0.5, 0.6) is 5.75 Å². The highest BCUT2D eigenvalue weighted by Crippen LogP contribution is 2.42. The van der Waals surface area contributed by atoms with Gasteiger partial charge in [-0.05, 0) is 54.9 Å². The van der Waals surface area contributed by atoms with Crippen LogP contribution in [0.25, 0.3) is 0 Å². The molecule has 2 rings (SSSR count). The molecule has 1 aliphatic carbocycles. The Bertz CT molecular complexity index is 387. The van der Waals surface area contributed by atoms with Crippen LogP contribution in [0.1, 0.15) is 41.3 Å². The van der Waals surface area contributed by atoms with E-state index in [1.807, 2.05) is 0 Å². The van der Waals surface area contributed by atoms with Crippen LogP contribution in [0.4, 0.5) is 0 Å². The fourth-order valence-electron chi connectivity index (χ4n) is 2.63. The number of benzene rings is 1. The molecule has 0 aromatic heterocycles. The first-order valence-electron chi connectivity index (χ1n) is 5.94. The molecule has 1 aromatic rings. The molecular weight excluding hydrogens is 264 g/mol. The van der Waals surface area contributed by atoms with Crippen LogP contribution in [0.3, 0.4) is 0 Å². The molecule has 2 atom stereocenters. The van der Waals surface area contributed by atoms with Crippen molar-refractivity contribution >= 4 is 15.9 Å². The topological polar surface area (TPSA) is 9.23 Å². The summed E-state index contributed by atoms with van der Waals surface area (Å²) in [6, 6.07) is 4.27. The predicted molar refractivity (Wildman–Crippen MR) is 71.5 cm³/mol. The number of aryl methyl sites for hydroxylation is 1. The second-order valence-electron chi connectivity index (χ2n) is 4.82. The number of rotatable bonds is 1. The maximum Gasteiger partial charge on any atom is 0.122 e. The highest BCUT2D eigenvalue weighted by molar-refractivity contribution is 9.09. The molecule has 0 bridgehead atoms. The Morgan fingerprint density at radius 1 is 1.38 bits per heavy atom. The van der Waals surface area contributed by atoms with Gasteiger partial charge in [0.05, 0.1) is 7.11 Å². The lowest BCUT2D eigenvalue weighted by Crippen LogP contribution is -2.00. The van der Waals surface area contributed by atoms with E-state index in [9.17, 15) is 0 Å².